The SMILES string of the molecule is Cc1ccccc1CN1CCC(CN(Cc2cccnc2)C(=O)C2=CCCC2)CC1. The molecule has 1 aromatic carbocycles. The lowest BCUT2D eigenvalue weighted by Crippen LogP contribution is -2.40. The number of likely N-dealkylation sites (tertiary alicyclic amines) is 1. The maximum atomic E-state index is 13.2. The molecule has 0 N–H and O–H groups in total. The number of carbonyl (C=O) groups is 1. The number of nitrogens with zero attached hydrogens (tertiary/aromatic N) is 3. The quantitative estimate of drug-likeness (QED) is 0.670. The summed E-state index contributed by atoms with van der Waals surface area (Å²) in [4.78, 5) is 22.1. The molecule has 1 aliphatic heterocycles. The van der Waals surface area contributed by atoms with Crippen molar-refractivity contribution < 1.29 is 4.79 Å². The van der Waals surface area contributed by atoms with Crippen LogP contribution in [0.1, 0.15) is 48.8 Å². The molecule has 1 fully saturated rings. The molecular formula is C26H33N3O. The standard InChI is InChI=1S/C26H33N3O/c1-21-7-2-3-11-25(21)20-28-15-12-22(13-16-28)18-29(19-23-8-6-14-27-17-23)26(30)24-9-4-5-10-24/h2-3,6-9,11,14,17,22H,4-5,10,12-13,15-16,18-20H2,1H3. The molecule has 4 rings (SSSR count). The van der Waals surface area contributed by atoms with Gasteiger partial charge in [0, 0.05) is 37.6 Å². The predicted octanol–water partition coefficient (Wildman–Crippen LogP) is 4.74. The van der Waals surface area contributed by atoms with Crippen LogP contribution in [0.4, 0.5) is 0 Å². The van der Waals surface area contributed by atoms with E-state index in [0.29, 0.717) is 12.5 Å². The van der Waals surface area contributed by atoms with E-state index in [-0.39, 0.29) is 5.91 Å². The summed E-state index contributed by atoms with van der Waals surface area (Å²) in [6.45, 7) is 6.95. The second kappa shape index (κ2) is 10.0. The Morgan fingerprint density at radius 3 is 2.70 bits per heavy atom. The summed E-state index contributed by atoms with van der Waals surface area (Å²) in [5.41, 5.74) is 4.92. The minimum absolute atomic E-state index is 0.235. The van der Waals surface area contributed by atoms with E-state index in [1.807, 2.05) is 12.3 Å². The van der Waals surface area contributed by atoms with Gasteiger partial charge in [0.15, 0.2) is 0 Å². The first-order valence-corrected chi connectivity index (χ1v) is 11.3. The summed E-state index contributed by atoms with van der Waals surface area (Å²) in [6.07, 6.45) is 11.2. The molecule has 1 aromatic heterocycles. The van der Waals surface area contributed by atoms with Crippen molar-refractivity contribution in [1.29, 1.82) is 0 Å². The minimum Gasteiger partial charge on any atom is -0.334 e. The number of carbonyl (C=O) groups excluding carboxylic acids is 1. The molecular weight excluding hydrogens is 370 g/mol. The first kappa shape index (κ1) is 20.8. The number of rotatable bonds is 7. The van der Waals surface area contributed by atoms with Crippen LogP contribution >= 0.6 is 0 Å². The Bertz CT molecular complexity index is 869. The van der Waals surface area contributed by atoms with Crippen molar-refractivity contribution in [3.8, 4) is 0 Å². The van der Waals surface area contributed by atoms with E-state index in [1.165, 1.54) is 11.1 Å². The van der Waals surface area contributed by atoms with Crippen LogP contribution in [-0.2, 0) is 17.9 Å². The summed E-state index contributed by atoms with van der Waals surface area (Å²) < 4.78 is 0. The number of aromatic nitrogens is 1. The summed E-state index contributed by atoms with van der Waals surface area (Å²) >= 11 is 0. The van der Waals surface area contributed by atoms with Crippen LogP contribution in [0.25, 0.3) is 0 Å². The van der Waals surface area contributed by atoms with E-state index in [1.54, 1.807) is 6.20 Å². The third-order valence-corrected chi connectivity index (χ3v) is 6.54. The monoisotopic (exact) mass is 403 g/mol. The Kier molecular flexibility index (Phi) is 6.96. The third kappa shape index (κ3) is 5.37. The van der Waals surface area contributed by atoms with Crippen molar-refractivity contribution >= 4 is 5.91 Å². The Labute approximate surface area is 180 Å². The minimum atomic E-state index is 0.235. The Morgan fingerprint density at radius 1 is 1.17 bits per heavy atom. The number of pyridine rings is 1. The highest BCUT2D eigenvalue weighted by atomic mass is 16.2. The lowest BCUT2D eigenvalue weighted by atomic mass is 9.95. The Morgan fingerprint density at radius 2 is 2.00 bits per heavy atom. The molecule has 1 saturated heterocycles. The zero-order chi connectivity index (χ0) is 20.8. The summed E-state index contributed by atoms with van der Waals surface area (Å²) in [5.74, 6) is 0.805. The van der Waals surface area contributed by atoms with Gasteiger partial charge in [-0.3, -0.25) is 14.7 Å². The van der Waals surface area contributed by atoms with E-state index in [4.69, 9.17) is 0 Å². The molecule has 0 bridgehead atoms. The van der Waals surface area contributed by atoms with E-state index in [0.717, 1.165) is 69.4 Å². The summed E-state index contributed by atoms with van der Waals surface area (Å²) in [6, 6.07) is 12.7. The van der Waals surface area contributed by atoms with Crippen molar-refractivity contribution in [3.05, 3.63) is 77.1 Å². The zero-order valence-electron chi connectivity index (χ0n) is 18.1. The topological polar surface area (TPSA) is 36.4 Å². The van der Waals surface area contributed by atoms with Gasteiger partial charge in [-0.15, -0.1) is 0 Å². The third-order valence-electron chi connectivity index (χ3n) is 6.54. The lowest BCUT2D eigenvalue weighted by molar-refractivity contribution is -0.128. The number of hydrogen-bond donors (Lipinski definition) is 0. The first-order valence-electron chi connectivity index (χ1n) is 11.3. The number of piperidine rings is 1. The first-order chi connectivity index (χ1) is 14.7. The molecule has 0 unspecified atom stereocenters. The van der Waals surface area contributed by atoms with Crippen molar-refractivity contribution in [3.63, 3.8) is 0 Å². The molecule has 0 radical (unpaired) electrons. The highest BCUT2D eigenvalue weighted by molar-refractivity contribution is 5.93. The molecule has 2 heterocycles. The molecule has 0 atom stereocenters. The average Bonchev–Trinajstić information content (AvgIpc) is 3.31. The molecule has 4 nitrogen and oxygen atoms in total. The Hall–Kier alpha value is -2.46. The van der Waals surface area contributed by atoms with Gasteiger partial charge in [0.05, 0.1) is 0 Å². The number of allylic oxidation sites excluding steroid dienone is 1. The molecule has 2 aliphatic rings. The number of benzene rings is 1. The molecule has 0 saturated carbocycles. The van der Waals surface area contributed by atoms with Crippen molar-refractivity contribution in [2.75, 3.05) is 19.6 Å². The summed E-state index contributed by atoms with van der Waals surface area (Å²) in [7, 11) is 0. The fraction of sp³-hybridized carbons (Fsp3) is 0.462. The highest BCUT2D eigenvalue weighted by Crippen LogP contribution is 2.25. The predicted molar refractivity (Wildman–Crippen MR) is 121 cm³/mol. The van der Waals surface area contributed by atoms with Crippen LogP contribution in [0.15, 0.2) is 60.4 Å². The molecule has 4 heteroatoms. The van der Waals surface area contributed by atoms with Gasteiger partial charge in [-0.2, -0.15) is 0 Å². The lowest BCUT2D eigenvalue weighted by Gasteiger charge is -2.35. The van der Waals surface area contributed by atoms with Gasteiger partial charge < -0.3 is 4.90 Å². The largest absolute Gasteiger partial charge is 0.334 e. The second-order valence-corrected chi connectivity index (χ2v) is 8.81. The number of aryl methyl sites for hydroxylation is 1. The zero-order valence-corrected chi connectivity index (χ0v) is 18.1. The molecule has 1 amide bonds. The number of hydrogen-bond acceptors (Lipinski definition) is 3. The van der Waals surface area contributed by atoms with E-state index in [9.17, 15) is 4.79 Å². The maximum absolute atomic E-state index is 13.2. The molecule has 2 aromatic rings. The van der Waals surface area contributed by atoms with Gasteiger partial charge in [0.1, 0.15) is 0 Å². The molecule has 1 aliphatic carbocycles. The smallest absolute Gasteiger partial charge is 0.249 e. The van der Waals surface area contributed by atoms with Crippen molar-refractivity contribution in [1.82, 2.24) is 14.8 Å². The van der Waals surface area contributed by atoms with E-state index >= 15 is 0 Å². The van der Waals surface area contributed by atoms with Gasteiger partial charge in [-0.25, -0.2) is 0 Å². The fourth-order valence-electron chi connectivity index (χ4n) is 4.67. The van der Waals surface area contributed by atoms with Crippen molar-refractivity contribution in [2.45, 2.75) is 52.1 Å². The molecule has 30 heavy (non-hydrogen) atoms. The van der Waals surface area contributed by atoms with Crippen LogP contribution in [0.3, 0.4) is 0 Å². The van der Waals surface area contributed by atoms with E-state index in [2.05, 4.69) is 58.1 Å². The molecule has 0 spiro atoms. The fourth-order valence-corrected chi connectivity index (χ4v) is 4.67. The normalized spacial score (nSPS) is 17.7. The highest BCUT2D eigenvalue weighted by Gasteiger charge is 2.26. The van der Waals surface area contributed by atoms with Crippen molar-refractivity contribution in [2.24, 2.45) is 5.92 Å². The molecule has 158 valence electrons. The summed E-state index contributed by atoms with van der Waals surface area (Å²) in [5, 5.41) is 0. The van der Waals surface area contributed by atoms with Gasteiger partial charge in [-0.05, 0) is 80.8 Å². The van der Waals surface area contributed by atoms with Crippen LogP contribution in [0.2, 0.25) is 0 Å². The van der Waals surface area contributed by atoms with E-state index < -0.39 is 0 Å². The second-order valence-electron chi connectivity index (χ2n) is 8.81. The van der Waals surface area contributed by atoms with Crippen LogP contribution in [0.5, 0.6) is 0 Å². The van der Waals surface area contributed by atoms with Gasteiger partial charge in [0.2, 0.25) is 5.91 Å². The van der Waals surface area contributed by atoms with Gasteiger partial charge in [-0.1, -0.05) is 36.4 Å². The van der Waals surface area contributed by atoms with Gasteiger partial charge >= 0.3 is 0 Å². The number of amides is 1. The van der Waals surface area contributed by atoms with Gasteiger partial charge in [0.25, 0.3) is 0 Å². The van der Waals surface area contributed by atoms with Crippen LogP contribution in [0, 0.1) is 12.8 Å². The average molecular weight is 404 g/mol. The van der Waals surface area contributed by atoms with Crippen LogP contribution < -0.4 is 0 Å². The maximum Gasteiger partial charge on any atom is 0.249 e. The Balaban J connectivity index is 1.36. The van der Waals surface area contributed by atoms with Crippen LogP contribution in [-0.4, -0.2) is 40.3 Å².